The summed E-state index contributed by atoms with van der Waals surface area (Å²) in [6, 6.07) is 11.3. The number of nitrogens with zero attached hydrogens (tertiary/aromatic N) is 1. The number of hydrogen-bond donors (Lipinski definition) is 2. The first-order valence-corrected chi connectivity index (χ1v) is 14.0. The summed E-state index contributed by atoms with van der Waals surface area (Å²) >= 11 is 0. The van der Waals surface area contributed by atoms with Gasteiger partial charge in [0, 0.05) is 34.5 Å². The van der Waals surface area contributed by atoms with E-state index in [1.165, 1.54) is 33.5 Å². The van der Waals surface area contributed by atoms with E-state index < -0.39 is 16.0 Å². The molecule has 0 radical (unpaired) electrons. The molecule has 0 bridgehead atoms. The van der Waals surface area contributed by atoms with Gasteiger partial charge in [0.05, 0.1) is 34.1 Å². The van der Waals surface area contributed by atoms with Gasteiger partial charge in [0.2, 0.25) is 0 Å². The number of aryl methyl sites for hydroxylation is 2. The van der Waals surface area contributed by atoms with Gasteiger partial charge in [-0.2, -0.15) is 8.42 Å². The van der Waals surface area contributed by atoms with Crippen LogP contribution in [-0.4, -0.2) is 51.1 Å². The smallest absolute Gasteiger partial charge is 0.446 e. The Labute approximate surface area is 239 Å². The predicted octanol–water partition coefficient (Wildman–Crippen LogP) is 4.56. The second-order valence-electron chi connectivity index (χ2n) is 9.50. The first kappa shape index (κ1) is 27.3. The molecule has 0 amide bonds. The van der Waals surface area contributed by atoms with E-state index in [4.69, 9.17) is 23.4 Å². The quantitative estimate of drug-likeness (QED) is 0.201. The highest BCUT2D eigenvalue weighted by molar-refractivity contribution is 7.81. The third kappa shape index (κ3) is 4.25. The molecule has 42 heavy (non-hydrogen) atoms. The van der Waals surface area contributed by atoms with Gasteiger partial charge in [0.25, 0.3) is 0 Å². The number of phenols is 1. The fourth-order valence-electron chi connectivity index (χ4n) is 5.61. The lowest BCUT2D eigenvalue weighted by Crippen LogP contribution is -2.15. The molecule has 3 heterocycles. The molecule has 0 spiro atoms. The van der Waals surface area contributed by atoms with E-state index in [2.05, 4.69) is 4.18 Å². The second-order valence-corrected chi connectivity index (χ2v) is 10.5. The van der Waals surface area contributed by atoms with E-state index in [0.717, 1.165) is 17.2 Å². The minimum absolute atomic E-state index is 0.0126. The van der Waals surface area contributed by atoms with E-state index in [1.807, 2.05) is 16.7 Å². The molecule has 218 valence electrons. The lowest BCUT2D eigenvalue weighted by Gasteiger charge is -2.23. The van der Waals surface area contributed by atoms with Crippen LogP contribution in [0.5, 0.6) is 34.5 Å². The molecule has 0 saturated carbocycles. The summed E-state index contributed by atoms with van der Waals surface area (Å²) in [5, 5.41) is 11.6. The number of rotatable bonds is 7. The summed E-state index contributed by atoms with van der Waals surface area (Å²) in [4.78, 5) is 13.6. The SMILES string of the molecule is COc1ccc(-c2c3n(c4c(=O)oc5cc(OS(=O)(=O)O)c(OC)cc5c24)CCc2cc(OC)c(OC)cc2-3)cc1O. The van der Waals surface area contributed by atoms with Crippen LogP contribution >= 0.6 is 0 Å². The number of benzene rings is 3. The Morgan fingerprint density at radius 1 is 0.857 bits per heavy atom. The molecule has 13 heteroatoms. The molecule has 0 aliphatic carbocycles. The van der Waals surface area contributed by atoms with Crippen LogP contribution in [-0.2, 0) is 23.4 Å². The Kier molecular flexibility index (Phi) is 6.43. The molecule has 0 fully saturated rings. The van der Waals surface area contributed by atoms with Crippen LogP contribution < -0.4 is 28.8 Å². The van der Waals surface area contributed by atoms with Gasteiger partial charge >= 0.3 is 16.0 Å². The number of ether oxygens (including phenoxy) is 4. The van der Waals surface area contributed by atoms with Crippen molar-refractivity contribution >= 4 is 32.3 Å². The zero-order valence-electron chi connectivity index (χ0n) is 22.9. The molecule has 1 aliphatic rings. The molecule has 0 atom stereocenters. The normalized spacial score (nSPS) is 12.6. The second kappa shape index (κ2) is 9.89. The fourth-order valence-corrected chi connectivity index (χ4v) is 5.97. The van der Waals surface area contributed by atoms with E-state index >= 15 is 0 Å². The Morgan fingerprint density at radius 3 is 2.17 bits per heavy atom. The fraction of sp³-hybridized carbons (Fsp3) is 0.207. The van der Waals surface area contributed by atoms with Gasteiger partial charge in [-0.3, -0.25) is 4.55 Å². The van der Waals surface area contributed by atoms with Gasteiger partial charge < -0.3 is 37.2 Å². The largest absolute Gasteiger partial charge is 0.504 e. The van der Waals surface area contributed by atoms with Crippen molar-refractivity contribution in [3.8, 4) is 56.9 Å². The Morgan fingerprint density at radius 2 is 1.52 bits per heavy atom. The van der Waals surface area contributed by atoms with Crippen LogP contribution in [0.2, 0.25) is 0 Å². The van der Waals surface area contributed by atoms with E-state index in [-0.39, 0.29) is 34.1 Å². The Bertz CT molecular complexity index is 2080. The number of fused-ring (bicyclic) bond motifs is 7. The number of hydrogen-bond acceptors (Lipinski definition) is 10. The monoisotopic (exact) mass is 595 g/mol. The maximum absolute atomic E-state index is 13.6. The van der Waals surface area contributed by atoms with Crippen molar-refractivity contribution in [2.75, 3.05) is 28.4 Å². The topological polar surface area (TPSA) is 156 Å². The van der Waals surface area contributed by atoms with E-state index in [9.17, 15) is 22.9 Å². The molecule has 0 saturated heterocycles. The van der Waals surface area contributed by atoms with Gasteiger partial charge in [0.15, 0.2) is 34.5 Å². The highest BCUT2D eigenvalue weighted by Crippen LogP contribution is 2.50. The maximum Gasteiger partial charge on any atom is 0.446 e. The van der Waals surface area contributed by atoms with Crippen LogP contribution in [0.4, 0.5) is 0 Å². The van der Waals surface area contributed by atoms with E-state index in [1.54, 1.807) is 19.2 Å². The first-order valence-electron chi connectivity index (χ1n) is 12.6. The average Bonchev–Trinajstić information content (AvgIpc) is 3.31. The summed E-state index contributed by atoms with van der Waals surface area (Å²) in [7, 11) is 0.927. The minimum atomic E-state index is -4.91. The van der Waals surface area contributed by atoms with Gasteiger partial charge in [-0.05, 0) is 47.9 Å². The van der Waals surface area contributed by atoms with Crippen molar-refractivity contribution in [1.29, 1.82) is 0 Å². The molecule has 6 rings (SSSR count). The number of aromatic nitrogens is 1. The summed E-state index contributed by atoms with van der Waals surface area (Å²) in [5.41, 5.74) is 3.14. The Hall–Kier alpha value is -4.88. The minimum Gasteiger partial charge on any atom is -0.504 e. The van der Waals surface area contributed by atoms with Gasteiger partial charge in [-0.15, -0.1) is 0 Å². The highest BCUT2D eigenvalue weighted by Gasteiger charge is 2.31. The van der Waals surface area contributed by atoms with Crippen LogP contribution in [0.25, 0.3) is 44.3 Å². The molecule has 0 unspecified atom stereocenters. The molecular weight excluding hydrogens is 570 g/mol. The molecule has 5 aromatic rings. The van der Waals surface area contributed by atoms with Crippen LogP contribution in [0.15, 0.2) is 51.7 Å². The van der Waals surface area contributed by atoms with E-state index in [0.29, 0.717) is 52.1 Å². The van der Waals surface area contributed by atoms with Crippen LogP contribution in [0.3, 0.4) is 0 Å². The zero-order chi connectivity index (χ0) is 29.9. The van der Waals surface area contributed by atoms with Crippen molar-refractivity contribution < 1.29 is 45.6 Å². The molecule has 3 aromatic carbocycles. The van der Waals surface area contributed by atoms with Crippen molar-refractivity contribution in [3.63, 3.8) is 0 Å². The summed E-state index contributed by atoms with van der Waals surface area (Å²) < 4.78 is 66.2. The molecule has 1 aliphatic heterocycles. The van der Waals surface area contributed by atoms with Gasteiger partial charge in [-0.25, -0.2) is 4.79 Å². The zero-order valence-corrected chi connectivity index (χ0v) is 23.7. The maximum atomic E-state index is 13.6. The average molecular weight is 596 g/mol. The molecule has 12 nitrogen and oxygen atoms in total. The third-order valence-corrected chi connectivity index (χ3v) is 7.72. The predicted molar refractivity (Wildman–Crippen MR) is 153 cm³/mol. The summed E-state index contributed by atoms with van der Waals surface area (Å²) in [5.74, 6) is 0.801. The molecule has 2 aromatic heterocycles. The lowest BCUT2D eigenvalue weighted by molar-refractivity contribution is 0.354. The van der Waals surface area contributed by atoms with Crippen molar-refractivity contribution in [2.45, 2.75) is 13.0 Å². The number of phenolic OH excluding ortho intramolecular Hbond substituents is 1. The summed E-state index contributed by atoms with van der Waals surface area (Å²) in [6.07, 6.45) is 0.571. The summed E-state index contributed by atoms with van der Waals surface area (Å²) in [6.45, 7) is 0.424. The third-order valence-electron chi connectivity index (χ3n) is 7.33. The molecular formula is C29H25NO11S. The lowest BCUT2D eigenvalue weighted by atomic mass is 9.91. The Balaban J connectivity index is 1.80. The van der Waals surface area contributed by atoms with Crippen LogP contribution in [0, 0.1) is 0 Å². The van der Waals surface area contributed by atoms with Crippen molar-refractivity contribution in [2.24, 2.45) is 0 Å². The van der Waals surface area contributed by atoms with Crippen molar-refractivity contribution in [1.82, 2.24) is 4.57 Å². The van der Waals surface area contributed by atoms with Gasteiger partial charge in [0.1, 0.15) is 11.1 Å². The molecule has 2 N–H and O–H groups in total. The number of methoxy groups -OCH3 is 4. The standard InChI is InChI=1S/C29H25NO11S/c1-36-19-6-5-15(9-18(19)31)25-26-17-12-23(39-4)24(41-42(33,34)35)13-20(17)40-29(32)28(26)30-8-7-14-10-21(37-2)22(38-3)11-16(14)27(25)30/h5-6,9-13,31H,7-8H2,1-4H3,(H,33,34,35). The van der Waals surface area contributed by atoms with Crippen LogP contribution in [0.1, 0.15) is 5.56 Å². The highest BCUT2D eigenvalue weighted by atomic mass is 32.3. The van der Waals surface area contributed by atoms with Gasteiger partial charge in [-0.1, -0.05) is 6.07 Å². The number of aromatic hydroxyl groups is 1. The first-order chi connectivity index (χ1) is 20.1. The van der Waals surface area contributed by atoms with Crippen molar-refractivity contribution in [3.05, 3.63) is 58.4 Å².